The first kappa shape index (κ1) is 15.6. The number of nitriles is 2. The summed E-state index contributed by atoms with van der Waals surface area (Å²) in [5.74, 6) is 0.604. The average Bonchev–Trinajstić information content (AvgIpc) is 2.89. The van der Waals surface area contributed by atoms with Crippen LogP contribution >= 0.6 is 0 Å². The van der Waals surface area contributed by atoms with E-state index in [1.165, 1.54) is 0 Å². The molecule has 0 spiro atoms. The van der Waals surface area contributed by atoms with Crippen molar-refractivity contribution in [2.45, 2.75) is 25.9 Å². The van der Waals surface area contributed by atoms with Gasteiger partial charge in [0.2, 0.25) is 0 Å². The van der Waals surface area contributed by atoms with E-state index in [9.17, 15) is 5.11 Å². The highest BCUT2D eigenvalue weighted by Gasteiger charge is 2.16. The second-order valence-electron chi connectivity index (χ2n) is 5.49. The monoisotopic (exact) mass is 296 g/mol. The second-order valence-corrected chi connectivity index (χ2v) is 5.49. The summed E-state index contributed by atoms with van der Waals surface area (Å²) in [5, 5.41) is 28.1. The molecule has 0 aliphatic rings. The molecule has 0 saturated carbocycles. The second kappa shape index (κ2) is 6.30. The molecule has 2 N–H and O–H groups in total. The van der Waals surface area contributed by atoms with Crippen LogP contribution in [0.2, 0.25) is 0 Å². The minimum atomic E-state index is -0.944. The van der Waals surface area contributed by atoms with Crippen LogP contribution in [0.15, 0.2) is 30.1 Å². The first-order chi connectivity index (χ1) is 10.4. The van der Waals surface area contributed by atoms with Gasteiger partial charge in [-0.1, -0.05) is 6.08 Å². The van der Waals surface area contributed by atoms with Gasteiger partial charge in [0.25, 0.3) is 0 Å². The predicted molar refractivity (Wildman–Crippen MR) is 80.9 cm³/mol. The van der Waals surface area contributed by atoms with Crippen LogP contribution in [0.5, 0.6) is 5.75 Å². The summed E-state index contributed by atoms with van der Waals surface area (Å²) in [4.78, 5) is 7.26. The van der Waals surface area contributed by atoms with E-state index in [2.05, 4.69) is 9.97 Å². The van der Waals surface area contributed by atoms with E-state index < -0.39 is 5.60 Å². The van der Waals surface area contributed by atoms with Crippen LogP contribution in [0.25, 0.3) is 11.0 Å². The van der Waals surface area contributed by atoms with Crippen LogP contribution in [-0.4, -0.2) is 27.3 Å². The van der Waals surface area contributed by atoms with Crippen molar-refractivity contribution in [3.8, 4) is 17.9 Å². The molecule has 112 valence electrons. The van der Waals surface area contributed by atoms with Gasteiger partial charge in [-0.25, -0.2) is 4.98 Å². The number of H-pyrrole nitrogens is 1. The summed E-state index contributed by atoms with van der Waals surface area (Å²) in [6, 6.07) is 5.39. The summed E-state index contributed by atoms with van der Waals surface area (Å²) < 4.78 is 5.68. The number of pyridine rings is 1. The molecule has 0 aliphatic heterocycles. The quantitative estimate of drug-likeness (QED) is 0.823. The maximum atomic E-state index is 9.78. The van der Waals surface area contributed by atoms with Gasteiger partial charge in [-0.3, -0.25) is 0 Å². The van der Waals surface area contributed by atoms with Crippen molar-refractivity contribution in [3.63, 3.8) is 0 Å². The largest absolute Gasteiger partial charge is 0.490 e. The number of aromatic nitrogens is 2. The Labute approximate surface area is 128 Å². The van der Waals surface area contributed by atoms with Gasteiger partial charge in [-0.2, -0.15) is 10.5 Å². The molecule has 2 rings (SSSR count). The lowest BCUT2D eigenvalue weighted by Gasteiger charge is -2.18. The van der Waals surface area contributed by atoms with Crippen LogP contribution in [0, 0.1) is 22.7 Å². The Hall–Kier alpha value is -2.83. The lowest BCUT2D eigenvalue weighted by atomic mass is 10.1. The molecule has 0 atom stereocenters. The third-order valence-electron chi connectivity index (χ3n) is 2.96. The van der Waals surface area contributed by atoms with Crippen molar-refractivity contribution in [1.82, 2.24) is 9.97 Å². The van der Waals surface area contributed by atoms with Gasteiger partial charge in [-0.15, -0.1) is 0 Å². The van der Waals surface area contributed by atoms with E-state index in [1.807, 2.05) is 12.1 Å². The molecule has 2 heterocycles. The first-order valence-corrected chi connectivity index (χ1v) is 6.75. The van der Waals surface area contributed by atoms with Crippen LogP contribution in [0.4, 0.5) is 0 Å². The normalized spacial score (nSPS) is 10.8. The SMILES string of the molecule is CC(C)(O)COc1ccnc2[nH]cc(CC=C(C#N)C#N)c12. The van der Waals surface area contributed by atoms with E-state index in [4.69, 9.17) is 15.3 Å². The van der Waals surface area contributed by atoms with Crippen LogP contribution in [-0.2, 0) is 6.42 Å². The van der Waals surface area contributed by atoms with E-state index in [0.717, 1.165) is 10.9 Å². The Morgan fingerprint density at radius 1 is 1.45 bits per heavy atom. The van der Waals surface area contributed by atoms with Crippen molar-refractivity contribution < 1.29 is 9.84 Å². The third kappa shape index (κ3) is 3.63. The van der Waals surface area contributed by atoms with Crippen molar-refractivity contribution in [3.05, 3.63) is 35.7 Å². The molecule has 0 unspecified atom stereocenters. The van der Waals surface area contributed by atoms with Crippen LogP contribution in [0.1, 0.15) is 19.4 Å². The zero-order valence-corrected chi connectivity index (χ0v) is 12.4. The Kier molecular flexibility index (Phi) is 4.45. The van der Waals surface area contributed by atoms with Crippen molar-refractivity contribution in [1.29, 1.82) is 10.5 Å². The fourth-order valence-corrected chi connectivity index (χ4v) is 1.96. The average molecular weight is 296 g/mol. The predicted octanol–water partition coefficient (Wildman–Crippen LogP) is 2.23. The Morgan fingerprint density at radius 3 is 2.82 bits per heavy atom. The summed E-state index contributed by atoms with van der Waals surface area (Å²) in [7, 11) is 0. The molecular weight excluding hydrogens is 280 g/mol. The summed E-state index contributed by atoms with van der Waals surface area (Å²) in [6.45, 7) is 3.48. The number of fused-ring (bicyclic) bond motifs is 1. The number of nitrogens with zero attached hydrogens (tertiary/aromatic N) is 3. The van der Waals surface area contributed by atoms with E-state index in [1.54, 1.807) is 38.4 Å². The number of hydrogen-bond acceptors (Lipinski definition) is 5. The maximum Gasteiger partial charge on any atom is 0.141 e. The van der Waals surface area contributed by atoms with E-state index >= 15 is 0 Å². The highest BCUT2D eigenvalue weighted by molar-refractivity contribution is 5.86. The van der Waals surface area contributed by atoms with Crippen molar-refractivity contribution in [2.75, 3.05) is 6.61 Å². The number of hydrogen-bond donors (Lipinski definition) is 2. The molecule has 2 aromatic heterocycles. The standard InChI is InChI=1S/C16H16N4O2/c1-16(2,21)10-22-13-5-6-19-15-14(13)12(9-20-15)4-3-11(7-17)8-18/h3,5-6,9,21H,4,10H2,1-2H3,(H,19,20). The molecule has 6 nitrogen and oxygen atoms in total. The van der Waals surface area contributed by atoms with Gasteiger partial charge in [-0.05, 0) is 31.9 Å². The first-order valence-electron chi connectivity index (χ1n) is 6.75. The van der Waals surface area contributed by atoms with Gasteiger partial charge < -0.3 is 14.8 Å². The van der Waals surface area contributed by atoms with Gasteiger partial charge >= 0.3 is 0 Å². The number of rotatable bonds is 5. The molecular formula is C16H16N4O2. The van der Waals surface area contributed by atoms with Gasteiger partial charge in [0.15, 0.2) is 0 Å². The summed E-state index contributed by atoms with van der Waals surface area (Å²) >= 11 is 0. The highest BCUT2D eigenvalue weighted by atomic mass is 16.5. The van der Waals surface area contributed by atoms with Crippen molar-refractivity contribution in [2.24, 2.45) is 0 Å². The Morgan fingerprint density at radius 2 is 2.18 bits per heavy atom. The minimum absolute atomic E-state index is 0.0669. The third-order valence-corrected chi connectivity index (χ3v) is 2.96. The molecule has 0 aliphatic carbocycles. The van der Waals surface area contributed by atoms with Crippen LogP contribution < -0.4 is 4.74 Å². The maximum absolute atomic E-state index is 9.78. The topological polar surface area (TPSA) is 106 Å². The molecule has 0 radical (unpaired) electrons. The molecule has 0 amide bonds. The zero-order valence-electron chi connectivity index (χ0n) is 12.4. The number of ether oxygens (including phenoxy) is 1. The molecule has 2 aromatic rings. The van der Waals surface area contributed by atoms with Crippen LogP contribution in [0.3, 0.4) is 0 Å². The minimum Gasteiger partial charge on any atom is -0.490 e. The van der Waals surface area contributed by atoms with E-state index in [0.29, 0.717) is 17.8 Å². The molecule has 0 saturated heterocycles. The van der Waals surface area contributed by atoms with Crippen molar-refractivity contribution >= 4 is 11.0 Å². The lowest BCUT2D eigenvalue weighted by Crippen LogP contribution is -2.27. The van der Waals surface area contributed by atoms with Gasteiger partial charge in [0.05, 0.1) is 11.0 Å². The molecule has 6 heteroatoms. The zero-order chi connectivity index (χ0) is 16.2. The number of allylic oxidation sites excluding steroid dienone is 2. The molecule has 0 fully saturated rings. The van der Waals surface area contributed by atoms with Gasteiger partial charge in [0, 0.05) is 12.4 Å². The summed E-state index contributed by atoms with van der Waals surface area (Å²) in [5.41, 5.74) is 0.655. The fraction of sp³-hybridized carbons (Fsp3) is 0.312. The number of aromatic amines is 1. The summed E-state index contributed by atoms with van der Waals surface area (Å²) in [6.07, 6.45) is 5.38. The fourth-order valence-electron chi connectivity index (χ4n) is 1.96. The number of aliphatic hydroxyl groups is 1. The Balaban J connectivity index is 2.35. The highest BCUT2D eigenvalue weighted by Crippen LogP contribution is 2.28. The van der Waals surface area contributed by atoms with Gasteiger partial charge in [0.1, 0.15) is 35.7 Å². The Bertz CT molecular complexity index is 769. The molecule has 22 heavy (non-hydrogen) atoms. The van der Waals surface area contributed by atoms with E-state index in [-0.39, 0.29) is 12.2 Å². The lowest BCUT2D eigenvalue weighted by molar-refractivity contribution is 0.0290. The smallest absolute Gasteiger partial charge is 0.141 e. The number of nitrogens with one attached hydrogen (secondary N) is 1. The molecule has 0 bridgehead atoms. The molecule has 0 aromatic carbocycles.